The summed E-state index contributed by atoms with van der Waals surface area (Å²) in [5.41, 5.74) is 0.718. The van der Waals surface area contributed by atoms with Gasteiger partial charge in [0.05, 0.1) is 0 Å². The van der Waals surface area contributed by atoms with Crippen LogP contribution in [0.1, 0.15) is 32.6 Å². The van der Waals surface area contributed by atoms with Gasteiger partial charge in [0.15, 0.2) is 0 Å². The number of rotatable bonds is 7. The summed E-state index contributed by atoms with van der Waals surface area (Å²) in [7, 11) is 0. The van der Waals surface area contributed by atoms with Gasteiger partial charge in [-0.05, 0) is 31.0 Å². The molecule has 0 fully saturated rings. The quantitative estimate of drug-likeness (QED) is 0.756. The highest BCUT2D eigenvalue weighted by Crippen LogP contribution is 2.15. The van der Waals surface area contributed by atoms with Crippen LogP contribution in [-0.2, 0) is 9.59 Å². The number of halogens is 1. The van der Waals surface area contributed by atoms with E-state index >= 15 is 0 Å². The van der Waals surface area contributed by atoms with E-state index in [1.807, 2.05) is 0 Å². The molecule has 1 aromatic rings. The average molecular weight is 283 g/mol. The van der Waals surface area contributed by atoms with E-state index in [0.717, 1.165) is 24.9 Å². The van der Waals surface area contributed by atoms with Crippen molar-refractivity contribution >= 4 is 29.1 Å². The van der Waals surface area contributed by atoms with Gasteiger partial charge < -0.3 is 10.6 Å². The van der Waals surface area contributed by atoms with Gasteiger partial charge >= 0.3 is 0 Å². The maximum absolute atomic E-state index is 11.6. The molecule has 0 aliphatic rings. The first-order valence-electron chi connectivity index (χ1n) is 6.38. The van der Waals surface area contributed by atoms with E-state index < -0.39 is 0 Å². The van der Waals surface area contributed by atoms with Crippen LogP contribution < -0.4 is 10.6 Å². The number of benzene rings is 1. The normalized spacial score (nSPS) is 10.0. The second kappa shape index (κ2) is 8.53. The number of unbranched alkanes of at least 4 members (excludes halogenated alkanes) is 2. The summed E-state index contributed by atoms with van der Waals surface area (Å²) in [5, 5.41) is 6.13. The molecule has 0 spiro atoms. The first-order valence-corrected chi connectivity index (χ1v) is 6.75. The molecule has 5 heteroatoms. The van der Waals surface area contributed by atoms with Crippen molar-refractivity contribution < 1.29 is 9.59 Å². The monoisotopic (exact) mass is 282 g/mol. The van der Waals surface area contributed by atoms with E-state index in [1.165, 1.54) is 6.92 Å². The first-order chi connectivity index (χ1) is 9.08. The Bertz CT molecular complexity index is 435. The topological polar surface area (TPSA) is 58.2 Å². The standard InChI is InChI=1S/C14H19ClN2O2/c1-11(18)16-9-4-2-3-8-14(19)17-13-7-5-6-12(15)10-13/h5-7,10H,2-4,8-9H2,1H3,(H,16,18)(H,17,19). The molecular weight excluding hydrogens is 264 g/mol. The molecule has 104 valence electrons. The van der Waals surface area contributed by atoms with Crippen LogP contribution in [0.5, 0.6) is 0 Å². The lowest BCUT2D eigenvalue weighted by Crippen LogP contribution is -2.20. The minimum atomic E-state index is -0.0151. The van der Waals surface area contributed by atoms with Gasteiger partial charge in [-0.2, -0.15) is 0 Å². The number of carbonyl (C=O) groups is 2. The third-order valence-corrected chi connectivity index (χ3v) is 2.80. The molecule has 0 saturated heterocycles. The van der Waals surface area contributed by atoms with Gasteiger partial charge in [0, 0.05) is 30.6 Å². The molecule has 1 aromatic carbocycles. The molecule has 2 N–H and O–H groups in total. The van der Waals surface area contributed by atoms with Gasteiger partial charge in [0.2, 0.25) is 11.8 Å². The molecule has 0 aliphatic heterocycles. The van der Waals surface area contributed by atoms with Crippen LogP contribution in [0.2, 0.25) is 5.02 Å². The summed E-state index contributed by atoms with van der Waals surface area (Å²) >= 11 is 5.83. The van der Waals surface area contributed by atoms with Crippen LogP contribution >= 0.6 is 11.6 Å². The van der Waals surface area contributed by atoms with Crippen LogP contribution in [0.15, 0.2) is 24.3 Å². The smallest absolute Gasteiger partial charge is 0.224 e. The molecule has 19 heavy (non-hydrogen) atoms. The molecule has 0 radical (unpaired) electrons. The Morgan fingerprint density at radius 1 is 1.21 bits per heavy atom. The first kappa shape index (κ1) is 15.5. The van der Waals surface area contributed by atoms with E-state index in [2.05, 4.69) is 10.6 Å². The summed E-state index contributed by atoms with van der Waals surface area (Å²) in [4.78, 5) is 22.3. The highest BCUT2D eigenvalue weighted by atomic mass is 35.5. The molecule has 0 heterocycles. The Hall–Kier alpha value is -1.55. The number of nitrogens with one attached hydrogen (secondary N) is 2. The molecule has 0 aliphatic carbocycles. The molecule has 0 aromatic heterocycles. The Kier molecular flexibility index (Phi) is 6.97. The van der Waals surface area contributed by atoms with Crippen LogP contribution in [0.25, 0.3) is 0 Å². The van der Waals surface area contributed by atoms with Crippen molar-refractivity contribution in [2.24, 2.45) is 0 Å². The van der Waals surface area contributed by atoms with Gasteiger partial charge in [-0.25, -0.2) is 0 Å². The lowest BCUT2D eigenvalue weighted by atomic mass is 10.2. The zero-order valence-electron chi connectivity index (χ0n) is 11.0. The van der Waals surface area contributed by atoms with Crippen molar-refractivity contribution in [1.29, 1.82) is 0 Å². The van der Waals surface area contributed by atoms with E-state index in [-0.39, 0.29) is 11.8 Å². The Morgan fingerprint density at radius 2 is 2.00 bits per heavy atom. The Morgan fingerprint density at radius 3 is 2.68 bits per heavy atom. The number of amides is 2. The number of hydrogen-bond donors (Lipinski definition) is 2. The van der Waals surface area contributed by atoms with Crippen molar-refractivity contribution in [3.8, 4) is 0 Å². The summed E-state index contributed by atoms with van der Waals surface area (Å²) in [6.07, 6.45) is 3.10. The van der Waals surface area contributed by atoms with Gasteiger partial charge in [0.25, 0.3) is 0 Å². The summed E-state index contributed by atoms with van der Waals surface area (Å²) in [6, 6.07) is 7.08. The van der Waals surface area contributed by atoms with E-state index in [4.69, 9.17) is 11.6 Å². The average Bonchev–Trinajstić information content (AvgIpc) is 2.33. The lowest BCUT2D eigenvalue weighted by Gasteiger charge is -2.05. The van der Waals surface area contributed by atoms with Crippen molar-refractivity contribution in [2.75, 3.05) is 11.9 Å². The fraction of sp³-hybridized carbons (Fsp3) is 0.429. The highest BCUT2D eigenvalue weighted by Gasteiger charge is 2.02. The van der Waals surface area contributed by atoms with Crippen molar-refractivity contribution in [2.45, 2.75) is 32.6 Å². The molecule has 0 unspecified atom stereocenters. The highest BCUT2D eigenvalue weighted by molar-refractivity contribution is 6.30. The maximum Gasteiger partial charge on any atom is 0.224 e. The van der Waals surface area contributed by atoms with Crippen molar-refractivity contribution in [3.63, 3.8) is 0 Å². The SMILES string of the molecule is CC(=O)NCCCCCC(=O)Nc1cccc(Cl)c1. The lowest BCUT2D eigenvalue weighted by molar-refractivity contribution is -0.119. The third kappa shape index (κ3) is 7.47. The van der Waals surface area contributed by atoms with E-state index in [9.17, 15) is 9.59 Å². The molecule has 1 rings (SSSR count). The van der Waals surface area contributed by atoms with Crippen molar-refractivity contribution in [1.82, 2.24) is 5.32 Å². The number of hydrogen-bond acceptors (Lipinski definition) is 2. The summed E-state index contributed by atoms with van der Waals surface area (Å²) in [6.45, 7) is 2.17. The fourth-order valence-corrected chi connectivity index (χ4v) is 1.83. The minimum absolute atomic E-state index is 0.0122. The molecule has 0 bridgehead atoms. The third-order valence-electron chi connectivity index (χ3n) is 2.56. The summed E-state index contributed by atoms with van der Waals surface area (Å²) in [5.74, 6) is -0.0273. The van der Waals surface area contributed by atoms with E-state index in [0.29, 0.717) is 18.0 Å². The molecular formula is C14H19ClN2O2. The predicted octanol–water partition coefficient (Wildman–Crippen LogP) is 2.98. The van der Waals surface area contributed by atoms with Crippen LogP contribution in [0.3, 0.4) is 0 Å². The Labute approximate surface area is 118 Å². The van der Waals surface area contributed by atoms with Gasteiger partial charge in [-0.15, -0.1) is 0 Å². The van der Waals surface area contributed by atoms with Crippen LogP contribution in [-0.4, -0.2) is 18.4 Å². The molecule has 0 saturated carbocycles. The zero-order valence-corrected chi connectivity index (χ0v) is 11.8. The number of carbonyl (C=O) groups excluding carboxylic acids is 2. The fourth-order valence-electron chi connectivity index (χ4n) is 1.64. The minimum Gasteiger partial charge on any atom is -0.356 e. The zero-order chi connectivity index (χ0) is 14.1. The second-order valence-corrected chi connectivity index (χ2v) is 4.79. The van der Waals surface area contributed by atoms with Crippen LogP contribution in [0, 0.1) is 0 Å². The van der Waals surface area contributed by atoms with Gasteiger partial charge in [0.1, 0.15) is 0 Å². The second-order valence-electron chi connectivity index (χ2n) is 4.35. The molecule has 0 atom stereocenters. The number of anilines is 1. The maximum atomic E-state index is 11.6. The van der Waals surface area contributed by atoms with Crippen LogP contribution in [0.4, 0.5) is 5.69 Å². The molecule has 4 nitrogen and oxygen atoms in total. The largest absolute Gasteiger partial charge is 0.356 e. The van der Waals surface area contributed by atoms with Gasteiger partial charge in [-0.1, -0.05) is 24.1 Å². The Balaban J connectivity index is 2.13. The predicted molar refractivity (Wildman–Crippen MR) is 77.2 cm³/mol. The van der Waals surface area contributed by atoms with E-state index in [1.54, 1.807) is 24.3 Å². The van der Waals surface area contributed by atoms with Gasteiger partial charge in [-0.3, -0.25) is 9.59 Å². The summed E-state index contributed by atoms with van der Waals surface area (Å²) < 4.78 is 0. The molecule has 2 amide bonds. The van der Waals surface area contributed by atoms with Crippen molar-refractivity contribution in [3.05, 3.63) is 29.3 Å².